The van der Waals surface area contributed by atoms with Gasteiger partial charge in [0, 0.05) is 10.0 Å². The van der Waals surface area contributed by atoms with Gasteiger partial charge in [-0.1, -0.05) is 6.07 Å². The maximum absolute atomic E-state index is 10.5. The van der Waals surface area contributed by atoms with Crippen LogP contribution in [0.15, 0.2) is 22.7 Å². The quantitative estimate of drug-likeness (QED) is 0.776. The summed E-state index contributed by atoms with van der Waals surface area (Å²) in [5.74, 6) is 0. The molecule has 0 heterocycles. The lowest BCUT2D eigenvalue weighted by molar-refractivity contribution is 0.112. The van der Waals surface area contributed by atoms with Crippen molar-refractivity contribution in [1.82, 2.24) is 0 Å². The zero-order valence-corrected chi connectivity index (χ0v) is 8.17. The van der Waals surface area contributed by atoms with Gasteiger partial charge in [0.2, 0.25) is 0 Å². The minimum Gasteiger partial charge on any atom is -0.351 e. The maximum atomic E-state index is 10.5. The molecule has 0 aliphatic rings. The van der Waals surface area contributed by atoms with Crippen LogP contribution in [0.2, 0.25) is 0 Å². The lowest BCUT2D eigenvalue weighted by atomic mass is 10.2. The largest absolute Gasteiger partial charge is 0.351 e. The summed E-state index contributed by atoms with van der Waals surface area (Å²) in [4.78, 5) is 20.9. The number of carbonyl (C=O) groups is 2. The van der Waals surface area contributed by atoms with E-state index in [4.69, 9.17) is 5.73 Å². The highest BCUT2D eigenvalue weighted by molar-refractivity contribution is 9.10. The molecule has 1 rings (SSSR count). The number of aldehydes is 1. The molecular formula is C8H7BrN2O2. The third-order valence-corrected chi connectivity index (χ3v) is 2.08. The van der Waals surface area contributed by atoms with E-state index in [1.54, 1.807) is 12.1 Å². The van der Waals surface area contributed by atoms with Crippen LogP contribution in [0.3, 0.4) is 0 Å². The van der Waals surface area contributed by atoms with Crippen molar-refractivity contribution in [3.05, 3.63) is 28.2 Å². The van der Waals surface area contributed by atoms with E-state index in [9.17, 15) is 9.59 Å². The number of anilines is 1. The second kappa shape index (κ2) is 4.04. The second-order valence-electron chi connectivity index (χ2n) is 2.35. The van der Waals surface area contributed by atoms with Gasteiger partial charge in [0.25, 0.3) is 0 Å². The van der Waals surface area contributed by atoms with Crippen molar-refractivity contribution >= 4 is 33.9 Å². The van der Waals surface area contributed by atoms with Crippen molar-refractivity contribution in [2.24, 2.45) is 5.73 Å². The molecule has 1 aromatic rings. The molecule has 0 aliphatic heterocycles. The van der Waals surface area contributed by atoms with Gasteiger partial charge >= 0.3 is 6.03 Å². The Bertz CT molecular complexity index is 352. The first kappa shape index (κ1) is 9.73. The summed E-state index contributed by atoms with van der Waals surface area (Å²) >= 11 is 3.20. The monoisotopic (exact) mass is 242 g/mol. The lowest BCUT2D eigenvalue weighted by Gasteiger charge is -2.04. The number of rotatable bonds is 2. The zero-order valence-electron chi connectivity index (χ0n) is 6.58. The number of amides is 2. The van der Waals surface area contributed by atoms with Crippen LogP contribution in [0.5, 0.6) is 0 Å². The number of hydrogen-bond donors (Lipinski definition) is 2. The predicted molar refractivity (Wildman–Crippen MR) is 52.7 cm³/mol. The number of halogens is 1. The lowest BCUT2D eigenvalue weighted by Crippen LogP contribution is -2.19. The molecule has 2 amide bonds. The number of hydrogen-bond acceptors (Lipinski definition) is 2. The number of benzene rings is 1. The fourth-order valence-electron chi connectivity index (χ4n) is 0.845. The molecule has 5 heteroatoms. The molecule has 0 fully saturated rings. The fraction of sp³-hybridized carbons (Fsp3) is 0. The molecule has 1 aromatic carbocycles. The molecule has 0 unspecified atom stereocenters. The van der Waals surface area contributed by atoms with Crippen LogP contribution in [0.4, 0.5) is 10.5 Å². The van der Waals surface area contributed by atoms with Gasteiger partial charge in [-0.05, 0) is 28.1 Å². The van der Waals surface area contributed by atoms with E-state index in [1.807, 2.05) is 0 Å². The second-order valence-corrected chi connectivity index (χ2v) is 3.20. The van der Waals surface area contributed by atoms with E-state index in [2.05, 4.69) is 21.2 Å². The van der Waals surface area contributed by atoms with Gasteiger partial charge in [0.15, 0.2) is 0 Å². The van der Waals surface area contributed by atoms with Crippen molar-refractivity contribution in [1.29, 1.82) is 0 Å². The summed E-state index contributed by atoms with van der Waals surface area (Å²) in [6.45, 7) is 0. The van der Waals surface area contributed by atoms with E-state index in [0.717, 1.165) is 0 Å². The molecule has 0 atom stereocenters. The summed E-state index contributed by atoms with van der Waals surface area (Å²) in [5.41, 5.74) is 5.89. The normalized spacial score (nSPS) is 9.31. The van der Waals surface area contributed by atoms with Crippen molar-refractivity contribution in [2.45, 2.75) is 0 Å². The number of urea groups is 1. The average Bonchev–Trinajstić information content (AvgIpc) is 2.08. The highest BCUT2D eigenvalue weighted by Gasteiger charge is 2.02. The molecule has 0 spiro atoms. The molecule has 0 saturated heterocycles. The Morgan fingerprint density at radius 1 is 1.54 bits per heavy atom. The topological polar surface area (TPSA) is 72.2 Å². The molecule has 0 radical (unpaired) electrons. The Morgan fingerprint density at radius 3 is 2.77 bits per heavy atom. The Hall–Kier alpha value is -1.36. The van der Waals surface area contributed by atoms with E-state index in [-0.39, 0.29) is 0 Å². The average molecular weight is 243 g/mol. The molecule has 0 saturated carbocycles. The Balaban J connectivity index is 3.03. The van der Waals surface area contributed by atoms with Gasteiger partial charge in [-0.25, -0.2) is 4.79 Å². The number of nitrogens with one attached hydrogen (secondary N) is 1. The molecule has 0 aromatic heterocycles. The highest BCUT2D eigenvalue weighted by atomic mass is 79.9. The molecule has 0 aliphatic carbocycles. The third kappa shape index (κ3) is 2.55. The van der Waals surface area contributed by atoms with E-state index < -0.39 is 6.03 Å². The van der Waals surface area contributed by atoms with Gasteiger partial charge in [-0.2, -0.15) is 0 Å². The van der Waals surface area contributed by atoms with Crippen LogP contribution < -0.4 is 11.1 Å². The molecule has 0 bridgehead atoms. The van der Waals surface area contributed by atoms with Crippen LogP contribution in [0.1, 0.15) is 10.4 Å². The van der Waals surface area contributed by atoms with Crippen LogP contribution >= 0.6 is 15.9 Å². The van der Waals surface area contributed by atoms with Crippen LogP contribution in [0, 0.1) is 0 Å². The minimum atomic E-state index is -0.663. The van der Waals surface area contributed by atoms with Gasteiger partial charge in [0.05, 0.1) is 5.69 Å². The first-order valence-electron chi connectivity index (χ1n) is 3.44. The van der Waals surface area contributed by atoms with Crippen molar-refractivity contribution in [3.63, 3.8) is 0 Å². The van der Waals surface area contributed by atoms with Gasteiger partial charge in [-0.15, -0.1) is 0 Å². The maximum Gasteiger partial charge on any atom is 0.316 e. The highest BCUT2D eigenvalue weighted by Crippen LogP contribution is 2.22. The molecule has 3 N–H and O–H groups in total. The van der Waals surface area contributed by atoms with Crippen molar-refractivity contribution in [3.8, 4) is 0 Å². The van der Waals surface area contributed by atoms with Crippen molar-refractivity contribution in [2.75, 3.05) is 5.32 Å². The Kier molecular flexibility index (Phi) is 3.02. The third-order valence-electron chi connectivity index (χ3n) is 1.38. The first-order chi connectivity index (χ1) is 6.13. The summed E-state index contributed by atoms with van der Waals surface area (Å²) in [6, 6.07) is 4.16. The predicted octanol–water partition coefficient (Wildman–Crippen LogP) is 1.75. The molecule has 4 nitrogen and oxygen atoms in total. The number of primary amides is 1. The van der Waals surface area contributed by atoms with Crippen LogP contribution in [-0.2, 0) is 0 Å². The summed E-state index contributed by atoms with van der Waals surface area (Å²) < 4.78 is 0.678. The number of carbonyl (C=O) groups excluding carboxylic acids is 2. The fourth-order valence-corrected chi connectivity index (χ4v) is 1.19. The summed E-state index contributed by atoms with van der Waals surface area (Å²) in [7, 11) is 0. The minimum absolute atomic E-state index is 0.479. The first-order valence-corrected chi connectivity index (χ1v) is 4.24. The van der Waals surface area contributed by atoms with Gasteiger partial charge in [-0.3, -0.25) is 4.79 Å². The smallest absolute Gasteiger partial charge is 0.316 e. The Labute approximate surface area is 83.2 Å². The van der Waals surface area contributed by atoms with E-state index >= 15 is 0 Å². The number of nitrogens with two attached hydrogens (primary N) is 1. The molecular weight excluding hydrogens is 236 g/mol. The molecule has 13 heavy (non-hydrogen) atoms. The van der Waals surface area contributed by atoms with Crippen molar-refractivity contribution < 1.29 is 9.59 Å². The standard InChI is InChI=1S/C8H7BrN2O2/c9-6-2-1-5(4-12)3-7(6)11-8(10)13/h1-4H,(H3,10,11,13). The summed E-state index contributed by atoms with van der Waals surface area (Å²) in [5, 5.41) is 2.38. The summed E-state index contributed by atoms with van der Waals surface area (Å²) in [6.07, 6.45) is 0.693. The van der Waals surface area contributed by atoms with E-state index in [1.165, 1.54) is 6.07 Å². The Morgan fingerprint density at radius 2 is 2.23 bits per heavy atom. The van der Waals surface area contributed by atoms with E-state index in [0.29, 0.717) is 22.0 Å². The van der Waals surface area contributed by atoms with Crippen LogP contribution in [0.25, 0.3) is 0 Å². The van der Waals surface area contributed by atoms with Gasteiger partial charge < -0.3 is 11.1 Å². The zero-order chi connectivity index (χ0) is 9.84. The van der Waals surface area contributed by atoms with Crippen LogP contribution in [-0.4, -0.2) is 12.3 Å². The van der Waals surface area contributed by atoms with Gasteiger partial charge in [0.1, 0.15) is 6.29 Å². The molecule has 68 valence electrons. The SMILES string of the molecule is NC(=O)Nc1cc(C=O)ccc1Br.